The van der Waals surface area contributed by atoms with Gasteiger partial charge in [-0.05, 0) is 48.7 Å². The Bertz CT molecular complexity index is 1380. The van der Waals surface area contributed by atoms with Crippen LogP contribution >= 0.6 is 0 Å². The summed E-state index contributed by atoms with van der Waals surface area (Å²) in [6.07, 6.45) is 4.40. The Balaban J connectivity index is 1.65. The zero-order valence-electron chi connectivity index (χ0n) is 16.5. The summed E-state index contributed by atoms with van der Waals surface area (Å²) < 4.78 is 6.32. The zero-order valence-corrected chi connectivity index (χ0v) is 16.5. The molecule has 1 aromatic heterocycles. The molecule has 0 saturated heterocycles. The van der Waals surface area contributed by atoms with Crippen molar-refractivity contribution in [1.29, 1.82) is 0 Å². The summed E-state index contributed by atoms with van der Waals surface area (Å²) in [4.78, 5) is 2.26. The van der Waals surface area contributed by atoms with E-state index in [0.717, 1.165) is 39.0 Å². The summed E-state index contributed by atoms with van der Waals surface area (Å²) in [6.45, 7) is 2.17. The van der Waals surface area contributed by atoms with Crippen LogP contribution in [0.1, 0.15) is 18.9 Å². The van der Waals surface area contributed by atoms with Crippen molar-refractivity contribution in [2.45, 2.75) is 18.8 Å². The lowest BCUT2D eigenvalue weighted by molar-refractivity contribution is 0.409. The summed E-state index contributed by atoms with van der Waals surface area (Å²) in [5, 5.41) is 21.8. The summed E-state index contributed by atoms with van der Waals surface area (Å²) >= 11 is 0. The Hall–Kier alpha value is -3.28. The Morgan fingerprint density at radius 1 is 0.867 bits per heavy atom. The molecule has 1 aliphatic heterocycles. The van der Waals surface area contributed by atoms with Gasteiger partial charge in [-0.25, -0.2) is 0 Å². The fourth-order valence-corrected chi connectivity index (χ4v) is 5.09. The van der Waals surface area contributed by atoms with Gasteiger partial charge < -0.3 is 19.4 Å². The number of nitrogens with zero attached hydrogens (tertiary/aromatic N) is 1. The number of para-hydroxylation sites is 3. The van der Waals surface area contributed by atoms with E-state index in [4.69, 9.17) is 4.42 Å². The minimum absolute atomic E-state index is 0.349. The molecule has 4 nitrogen and oxygen atoms in total. The molecule has 1 aliphatic carbocycles. The van der Waals surface area contributed by atoms with Crippen LogP contribution in [0.25, 0.3) is 21.9 Å². The molecule has 1 atom stereocenters. The van der Waals surface area contributed by atoms with Crippen molar-refractivity contribution in [3.05, 3.63) is 95.6 Å². The Kier molecular flexibility index (Phi) is 3.58. The van der Waals surface area contributed by atoms with E-state index in [1.807, 2.05) is 42.5 Å². The van der Waals surface area contributed by atoms with Crippen LogP contribution in [0.5, 0.6) is 0 Å². The standard InChI is InChI=1S/C25H20BNO3/c1-25-15-16(26(28)29)13-14-23(25)27(20-10-4-3-9-19(20)25)21-11-6-8-18-17-7-2-5-12-22(17)30-24(18)21/h2-14,28-29H,15H2,1H3. The minimum Gasteiger partial charge on any atom is -0.454 e. The van der Waals surface area contributed by atoms with Gasteiger partial charge in [0.05, 0.1) is 11.4 Å². The second-order valence-electron chi connectivity index (χ2n) is 8.28. The van der Waals surface area contributed by atoms with Crippen LogP contribution in [-0.2, 0) is 5.41 Å². The Morgan fingerprint density at radius 3 is 2.47 bits per heavy atom. The van der Waals surface area contributed by atoms with Crippen molar-refractivity contribution in [1.82, 2.24) is 0 Å². The molecule has 0 bridgehead atoms. The predicted octanol–water partition coefficient (Wildman–Crippen LogP) is 5.22. The van der Waals surface area contributed by atoms with Gasteiger partial charge in [-0.2, -0.15) is 0 Å². The maximum Gasteiger partial charge on any atom is 0.484 e. The van der Waals surface area contributed by atoms with Crippen LogP contribution in [-0.4, -0.2) is 17.2 Å². The largest absolute Gasteiger partial charge is 0.484 e. The molecule has 30 heavy (non-hydrogen) atoms. The second-order valence-corrected chi connectivity index (χ2v) is 8.28. The molecular formula is C25H20BNO3. The molecule has 1 unspecified atom stereocenters. The molecule has 5 heteroatoms. The molecule has 146 valence electrons. The molecule has 6 rings (SSSR count). The first-order chi connectivity index (χ1) is 14.6. The van der Waals surface area contributed by atoms with E-state index in [9.17, 15) is 10.0 Å². The molecule has 0 amide bonds. The summed E-state index contributed by atoms with van der Waals surface area (Å²) in [7, 11) is -1.44. The highest BCUT2D eigenvalue weighted by Crippen LogP contribution is 2.56. The van der Waals surface area contributed by atoms with Crippen molar-refractivity contribution in [3.8, 4) is 0 Å². The van der Waals surface area contributed by atoms with Gasteiger partial charge in [-0.15, -0.1) is 0 Å². The molecule has 0 spiro atoms. The monoisotopic (exact) mass is 393 g/mol. The smallest absolute Gasteiger partial charge is 0.454 e. The van der Waals surface area contributed by atoms with Crippen LogP contribution in [0.2, 0.25) is 0 Å². The lowest BCUT2D eigenvalue weighted by Gasteiger charge is -2.33. The van der Waals surface area contributed by atoms with Crippen molar-refractivity contribution in [2.75, 3.05) is 4.90 Å². The molecule has 0 saturated carbocycles. The predicted molar refractivity (Wildman–Crippen MR) is 121 cm³/mol. The summed E-state index contributed by atoms with van der Waals surface area (Å²) in [6, 6.07) is 22.7. The average molecular weight is 393 g/mol. The number of anilines is 2. The number of furan rings is 1. The highest BCUT2D eigenvalue weighted by molar-refractivity contribution is 6.50. The van der Waals surface area contributed by atoms with E-state index in [-0.39, 0.29) is 5.41 Å². The van der Waals surface area contributed by atoms with E-state index >= 15 is 0 Å². The van der Waals surface area contributed by atoms with E-state index in [1.54, 1.807) is 0 Å². The quantitative estimate of drug-likeness (QED) is 0.459. The van der Waals surface area contributed by atoms with Gasteiger partial charge in [-0.3, -0.25) is 0 Å². The maximum absolute atomic E-state index is 9.79. The lowest BCUT2D eigenvalue weighted by Crippen LogP contribution is -2.32. The van der Waals surface area contributed by atoms with E-state index in [1.165, 1.54) is 5.56 Å². The molecular weight excluding hydrogens is 373 g/mol. The van der Waals surface area contributed by atoms with Crippen LogP contribution in [0.15, 0.2) is 94.5 Å². The molecule has 2 N–H and O–H groups in total. The second kappa shape index (κ2) is 6.11. The van der Waals surface area contributed by atoms with E-state index in [0.29, 0.717) is 11.9 Å². The third kappa shape index (κ3) is 2.25. The number of fused-ring (bicyclic) bond motifs is 6. The van der Waals surface area contributed by atoms with Crippen molar-refractivity contribution in [3.63, 3.8) is 0 Å². The normalized spacial score (nSPS) is 20.2. The topological polar surface area (TPSA) is 56.8 Å². The highest BCUT2D eigenvalue weighted by atomic mass is 16.4. The molecule has 3 aromatic carbocycles. The SMILES string of the molecule is CC12CC(B(O)O)=CC=C1N(c1cccc3c1oc1ccccc13)c1ccccc12. The molecule has 0 fully saturated rings. The number of rotatable bonds is 2. The number of hydrogen-bond acceptors (Lipinski definition) is 4. The van der Waals surface area contributed by atoms with Crippen molar-refractivity contribution >= 4 is 40.4 Å². The van der Waals surface area contributed by atoms with Gasteiger partial charge in [0.1, 0.15) is 5.58 Å². The van der Waals surface area contributed by atoms with Crippen LogP contribution in [0.4, 0.5) is 11.4 Å². The molecule has 0 radical (unpaired) electrons. The number of allylic oxidation sites excluding steroid dienone is 4. The van der Waals surface area contributed by atoms with Gasteiger partial charge in [-0.1, -0.05) is 54.6 Å². The van der Waals surface area contributed by atoms with Crippen LogP contribution in [0, 0.1) is 0 Å². The first-order valence-corrected chi connectivity index (χ1v) is 10.2. The number of hydrogen-bond donors (Lipinski definition) is 2. The van der Waals surface area contributed by atoms with Gasteiger partial charge in [0, 0.05) is 21.9 Å². The first kappa shape index (κ1) is 17.6. The fourth-order valence-electron chi connectivity index (χ4n) is 5.09. The maximum atomic E-state index is 9.79. The molecule has 2 aliphatic rings. The van der Waals surface area contributed by atoms with Gasteiger partial charge in [0.15, 0.2) is 5.58 Å². The summed E-state index contributed by atoms with van der Waals surface area (Å²) in [5.41, 5.74) is 6.39. The summed E-state index contributed by atoms with van der Waals surface area (Å²) in [5.74, 6) is 0. The lowest BCUT2D eigenvalue weighted by atomic mass is 9.64. The highest BCUT2D eigenvalue weighted by Gasteiger charge is 2.47. The average Bonchev–Trinajstić information content (AvgIpc) is 3.26. The number of benzene rings is 3. The Morgan fingerprint density at radius 2 is 1.60 bits per heavy atom. The van der Waals surface area contributed by atoms with Gasteiger partial charge in [0.2, 0.25) is 0 Å². The molecule has 2 heterocycles. The van der Waals surface area contributed by atoms with Crippen LogP contribution < -0.4 is 4.90 Å². The van der Waals surface area contributed by atoms with Gasteiger partial charge >= 0.3 is 7.12 Å². The van der Waals surface area contributed by atoms with Crippen molar-refractivity contribution < 1.29 is 14.5 Å². The zero-order chi connectivity index (χ0) is 20.5. The molecule has 4 aromatic rings. The first-order valence-electron chi connectivity index (χ1n) is 10.2. The fraction of sp³-hybridized carbons (Fsp3) is 0.120. The minimum atomic E-state index is -1.44. The van der Waals surface area contributed by atoms with E-state index < -0.39 is 7.12 Å². The third-order valence-corrected chi connectivity index (χ3v) is 6.51. The van der Waals surface area contributed by atoms with E-state index in [2.05, 4.69) is 48.2 Å². The van der Waals surface area contributed by atoms with Gasteiger partial charge in [0.25, 0.3) is 0 Å². The third-order valence-electron chi connectivity index (χ3n) is 6.51. The van der Waals surface area contributed by atoms with Crippen molar-refractivity contribution in [2.24, 2.45) is 0 Å². The van der Waals surface area contributed by atoms with Crippen LogP contribution in [0.3, 0.4) is 0 Å². The Labute approximate surface area is 174 Å².